The zero-order valence-corrected chi connectivity index (χ0v) is 21.2. The Morgan fingerprint density at radius 1 is 1.16 bits per heavy atom. The number of allylic oxidation sites excluding steroid dienone is 1. The summed E-state index contributed by atoms with van der Waals surface area (Å²) < 4.78 is 45.1. The molecule has 0 fully saturated rings. The predicted molar refractivity (Wildman–Crippen MR) is 134 cm³/mol. The van der Waals surface area contributed by atoms with Crippen LogP contribution in [0, 0.1) is 0 Å². The summed E-state index contributed by atoms with van der Waals surface area (Å²) in [5.41, 5.74) is 1.52. The minimum atomic E-state index is -4.50. The fourth-order valence-electron chi connectivity index (χ4n) is 4.00. The van der Waals surface area contributed by atoms with Crippen LogP contribution in [0.2, 0.25) is 0 Å². The van der Waals surface area contributed by atoms with Crippen molar-refractivity contribution in [3.8, 4) is 0 Å². The number of pyridine rings is 1. The molecule has 0 saturated carbocycles. The fourth-order valence-corrected chi connectivity index (χ4v) is 4.96. The van der Waals surface area contributed by atoms with Gasteiger partial charge in [0.05, 0.1) is 47.6 Å². The lowest BCUT2D eigenvalue weighted by atomic mass is 9.93. The Morgan fingerprint density at radius 3 is 2.51 bits per heavy atom. The normalized spacial score (nSPS) is 17.4. The molecule has 7 nitrogen and oxygen atoms in total. The maximum Gasteiger partial charge on any atom is 0.416 e. The van der Waals surface area contributed by atoms with Crippen molar-refractivity contribution in [2.24, 2.45) is 4.99 Å². The SMILES string of the molecule is CC1=C(C(=O)OC(C)C)[C@H](c2ccc(C(F)(F)F)cc2)N2C(CC(=O)NCc3ccccn3)=CSC2=N1. The largest absolute Gasteiger partial charge is 0.459 e. The highest BCUT2D eigenvalue weighted by atomic mass is 32.2. The van der Waals surface area contributed by atoms with Gasteiger partial charge in [0, 0.05) is 11.9 Å². The summed E-state index contributed by atoms with van der Waals surface area (Å²) in [5, 5.41) is 5.11. The van der Waals surface area contributed by atoms with Crippen molar-refractivity contribution >= 4 is 28.8 Å². The minimum absolute atomic E-state index is 0.0262. The van der Waals surface area contributed by atoms with Crippen LogP contribution < -0.4 is 5.32 Å². The van der Waals surface area contributed by atoms with Crippen molar-refractivity contribution in [2.45, 2.75) is 52.1 Å². The summed E-state index contributed by atoms with van der Waals surface area (Å²) in [6.07, 6.45) is -3.30. The first-order valence-corrected chi connectivity index (χ1v) is 12.4. The Morgan fingerprint density at radius 2 is 1.89 bits per heavy atom. The number of rotatable bonds is 7. The number of amides is 1. The van der Waals surface area contributed by atoms with Crippen LogP contribution in [0.1, 0.15) is 50.1 Å². The summed E-state index contributed by atoms with van der Waals surface area (Å²) in [6.45, 7) is 5.33. The molecule has 1 aromatic carbocycles. The summed E-state index contributed by atoms with van der Waals surface area (Å²) in [6, 6.07) is 9.22. The zero-order valence-electron chi connectivity index (χ0n) is 20.4. The number of nitrogens with one attached hydrogen (secondary N) is 1. The zero-order chi connectivity index (χ0) is 26.7. The van der Waals surface area contributed by atoms with Gasteiger partial charge in [-0.05, 0) is 56.0 Å². The van der Waals surface area contributed by atoms with Crippen LogP contribution in [0.15, 0.2) is 76.0 Å². The smallest absolute Gasteiger partial charge is 0.416 e. The first kappa shape index (κ1) is 26.5. The molecule has 3 heterocycles. The van der Waals surface area contributed by atoms with Gasteiger partial charge in [-0.3, -0.25) is 9.78 Å². The molecule has 11 heteroatoms. The molecule has 0 aliphatic carbocycles. The second-order valence-corrected chi connectivity index (χ2v) is 9.58. The molecule has 2 aromatic rings. The number of carbonyl (C=O) groups excluding carboxylic acids is 2. The van der Waals surface area contributed by atoms with E-state index >= 15 is 0 Å². The Bertz CT molecular complexity index is 1270. The molecule has 1 amide bonds. The lowest BCUT2D eigenvalue weighted by Gasteiger charge is -2.36. The van der Waals surface area contributed by atoms with Crippen LogP contribution in [0.5, 0.6) is 0 Å². The van der Waals surface area contributed by atoms with E-state index < -0.39 is 29.9 Å². The Kier molecular flexibility index (Phi) is 7.72. The third-order valence-electron chi connectivity index (χ3n) is 5.65. The molecule has 0 bridgehead atoms. The summed E-state index contributed by atoms with van der Waals surface area (Å²) in [4.78, 5) is 36.4. The van der Waals surface area contributed by atoms with Crippen molar-refractivity contribution in [3.05, 3.63) is 87.9 Å². The quantitative estimate of drug-likeness (QED) is 0.487. The topological polar surface area (TPSA) is 83.9 Å². The van der Waals surface area contributed by atoms with Gasteiger partial charge in [0.25, 0.3) is 0 Å². The second kappa shape index (κ2) is 10.8. The lowest BCUT2D eigenvalue weighted by Crippen LogP contribution is -2.38. The number of esters is 1. The molecule has 37 heavy (non-hydrogen) atoms. The number of fused-ring (bicyclic) bond motifs is 1. The molecule has 1 aromatic heterocycles. The number of hydrogen-bond acceptors (Lipinski definition) is 7. The fraction of sp³-hybridized carbons (Fsp3) is 0.308. The van der Waals surface area contributed by atoms with E-state index in [2.05, 4.69) is 15.3 Å². The molecule has 0 saturated heterocycles. The Labute approximate surface area is 216 Å². The van der Waals surface area contributed by atoms with Gasteiger partial charge in [-0.25, -0.2) is 9.79 Å². The van der Waals surface area contributed by atoms with E-state index in [4.69, 9.17) is 4.74 Å². The van der Waals surface area contributed by atoms with Crippen LogP contribution in [0.3, 0.4) is 0 Å². The molecule has 0 spiro atoms. The number of alkyl halides is 3. The van der Waals surface area contributed by atoms with E-state index in [9.17, 15) is 22.8 Å². The molecule has 0 unspecified atom stereocenters. The highest BCUT2D eigenvalue weighted by molar-refractivity contribution is 8.16. The summed E-state index contributed by atoms with van der Waals surface area (Å²) in [5.74, 6) is -0.890. The van der Waals surface area contributed by atoms with Crippen LogP contribution in [0.4, 0.5) is 13.2 Å². The molecule has 0 radical (unpaired) electrons. The third-order valence-corrected chi connectivity index (χ3v) is 6.54. The monoisotopic (exact) mass is 530 g/mol. The molecular weight excluding hydrogens is 505 g/mol. The van der Waals surface area contributed by atoms with Crippen molar-refractivity contribution in [2.75, 3.05) is 0 Å². The highest BCUT2D eigenvalue weighted by Crippen LogP contribution is 2.45. The van der Waals surface area contributed by atoms with Gasteiger partial charge in [-0.1, -0.05) is 30.0 Å². The van der Waals surface area contributed by atoms with Gasteiger partial charge in [-0.15, -0.1) is 0 Å². The van der Waals surface area contributed by atoms with Crippen molar-refractivity contribution < 1.29 is 27.5 Å². The van der Waals surface area contributed by atoms with Gasteiger partial charge in [0.15, 0.2) is 5.17 Å². The summed E-state index contributed by atoms with van der Waals surface area (Å²) >= 11 is 1.28. The van der Waals surface area contributed by atoms with E-state index in [0.29, 0.717) is 27.8 Å². The number of halogens is 3. The summed E-state index contributed by atoms with van der Waals surface area (Å²) in [7, 11) is 0. The lowest BCUT2D eigenvalue weighted by molar-refractivity contribution is -0.143. The molecule has 194 valence electrons. The number of nitrogens with zero attached hydrogens (tertiary/aromatic N) is 3. The van der Waals surface area contributed by atoms with Gasteiger partial charge in [-0.2, -0.15) is 13.2 Å². The van der Waals surface area contributed by atoms with Gasteiger partial charge >= 0.3 is 12.1 Å². The number of amidine groups is 1. The van der Waals surface area contributed by atoms with Gasteiger partial charge < -0.3 is 15.0 Å². The maximum absolute atomic E-state index is 13.2. The van der Waals surface area contributed by atoms with Gasteiger partial charge in [0.2, 0.25) is 5.91 Å². The first-order valence-electron chi connectivity index (χ1n) is 11.5. The van der Waals surface area contributed by atoms with Crippen molar-refractivity contribution in [1.82, 2.24) is 15.2 Å². The van der Waals surface area contributed by atoms with E-state index in [0.717, 1.165) is 12.1 Å². The average Bonchev–Trinajstić information content (AvgIpc) is 3.23. The molecule has 2 aliphatic rings. The van der Waals surface area contributed by atoms with E-state index in [1.165, 1.54) is 23.9 Å². The van der Waals surface area contributed by atoms with E-state index in [-0.39, 0.29) is 24.4 Å². The number of benzene rings is 1. The van der Waals surface area contributed by atoms with Crippen LogP contribution >= 0.6 is 11.8 Å². The molecule has 4 rings (SSSR count). The first-order chi connectivity index (χ1) is 17.5. The molecule has 1 atom stereocenters. The number of aromatic nitrogens is 1. The van der Waals surface area contributed by atoms with E-state index in [1.807, 2.05) is 6.07 Å². The third kappa shape index (κ3) is 6.04. The number of hydrogen-bond donors (Lipinski definition) is 1. The highest BCUT2D eigenvalue weighted by Gasteiger charge is 2.41. The second-order valence-electron chi connectivity index (χ2n) is 8.74. The number of thioether (sulfide) groups is 1. The Balaban J connectivity index is 1.64. The molecule has 2 aliphatic heterocycles. The van der Waals surface area contributed by atoms with Gasteiger partial charge in [0.1, 0.15) is 0 Å². The van der Waals surface area contributed by atoms with Crippen LogP contribution in [0.25, 0.3) is 0 Å². The number of carbonyl (C=O) groups is 2. The van der Waals surface area contributed by atoms with E-state index in [1.54, 1.807) is 49.4 Å². The molecular formula is C26H25F3N4O3S. The van der Waals surface area contributed by atoms with Crippen molar-refractivity contribution in [1.29, 1.82) is 0 Å². The van der Waals surface area contributed by atoms with Crippen LogP contribution in [-0.4, -0.2) is 33.0 Å². The standard InChI is InChI=1S/C26H25F3N4O3S/c1-15(2)36-24(35)22-16(3)32-25-33(23(22)17-7-9-18(10-8-17)26(27,28)29)20(14-37-25)12-21(34)31-13-19-6-4-5-11-30-19/h4-11,14-15,23H,12-13H2,1-3H3,(H,31,34)/t23-/m0/s1. The molecule has 1 N–H and O–H groups in total. The predicted octanol–water partition coefficient (Wildman–Crippen LogP) is 5.33. The minimum Gasteiger partial charge on any atom is -0.459 e. The maximum atomic E-state index is 13.2. The van der Waals surface area contributed by atoms with Crippen molar-refractivity contribution in [3.63, 3.8) is 0 Å². The Hall–Kier alpha value is -3.60. The average molecular weight is 531 g/mol. The number of aliphatic imine (C=N–C) groups is 1. The number of ether oxygens (including phenoxy) is 1. The van der Waals surface area contributed by atoms with Crippen LogP contribution in [-0.2, 0) is 27.0 Å².